The van der Waals surface area contributed by atoms with Gasteiger partial charge in [0, 0.05) is 12.1 Å². The second-order valence-corrected chi connectivity index (χ2v) is 3.51. The van der Waals surface area contributed by atoms with Crippen molar-refractivity contribution in [2.45, 2.75) is 12.6 Å². The van der Waals surface area contributed by atoms with Crippen LogP contribution in [0.25, 0.3) is 0 Å². The van der Waals surface area contributed by atoms with Gasteiger partial charge in [-0.15, -0.1) is 0 Å². The average molecular weight is 202 g/mol. The van der Waals surface area contributed by atoms with Gasteiger partial charge in [0.1, 0.15) is 0 Å². The molecule has 0 aromatic heterocycles. The summed E-state index contributed by atoms with van der Waals surface area (Å²) >= 11 is 0. The van der Waals surface area contributed by atoms with Gasteiger partial charge in [-0.3, -0.25) is 10.1 Å². The maximum absolute atomic E-state index is 11.7. The van der Waals surface area contributed by atoms with Crippen LogP contribution in [0.5, 0.6) is 0 Å². The Hall–Kier alpha value is -1.61. The summed E-state index contributed by atoms with van der Waals surface area (Å²) in [7, 11) is 0. The molecule has 2 rings (SSSR count). The van der Waals surface area contributed by atoms with E-state index in [4.69, 9.17) is 0 Å². The van der Waals surface area contributed by atoms with Crippen LogP contribution in [0, 0.1) is 0 Å². The predicted molar refractivity (Wildman–Crippen MR) is 59.5 cm³/mol. The van der Waals surface area contributed by atoms with Crippen molar-refractivity contribution in [3.8, 4) is 0 Å². The van der Waals surface area contributed by atoms with Crippen molar-refractivity contribution in [3.63, 3.8) is 0 Å². The van der Waals surface area contributed by atoms with Crippen molar-refractivity contribution in [1.29, 1.82) is 0 Å². The lowest BCUT2D eigenvalue weighted by Crippen LogP contribution is -2.46. The minimum absolute atomic E-state index is 0.0246. The Balaban J connectivity index is 1.95. The smallest absolute Gasteiger partial charge is 0.252 e. The third-order valence-corrected chi connectivity index (χ3v) is 2.36. The number of carbonyl (C=O) groups excluding carboxylic acids is 1. The number of amides is 1. The number of rotatable bonds is 2. The zero-order valence-corrected chi connectivity index (χ0v) is 8.44. The lowest BCUT2D eigenvalue weighted by atomic mass is 10.2. The van der Waals surface area contributed by atoms with Crippen molar-refractivity contribution < 1.29 is 4.79 Å². The molecular weight excluding hydrogens is 188 g/mol. The Kier molecular flexibility index (Phi) is 3.15. The Morgan fingerprint density at radius 1 is 1.27 bits per heavy atom. The lowest BCUT2D eigenvalue weighted by Gasteiger charge is -2.20. The summed E-state index contributed by atoms with van der Waals surface area (Å²) in [5.74, 6) is -0.0246. The molecule has 0 saturated carbocycles. The second-order valence-electron chi connectivity index (χ2n) is 3.51. The molecule has 78 valence electrons. The van der Waals surface area contributed by atoms with Gasteiger partial charge in [0.25, 0.3) is 5.91 Å². The molecule has 3 nitrogen and oxygen atoms in total. The minimum Gasteiger partial charge on any atom is -0.336 e. The maximum Gasteiger partial charge on any atom is 0.252 e. The van der Waals surface area contributed by atoms with Crippen LogP contribution in [0.4, 0.5) is 0 Å². The van der Waals surface area contributed by atoms with Crippen LogP contribution in [0.3, 0.4) is 0 Å². The summed E-state index contributed by atoms with van der Waals surface area (Å²) in [6.45, 7) is 0.819. The number of hydrogen-bond donors (Lipinski definition) is 2. The number of hydrogen-bond acceptors (Lipinski definition) is 2. The fourth-order valence-corrected chi connectivity index (χ4v) is 1.55. The van der Waals surface area contributed by atoms with Crippen LogP contribution in [-0.2, 0) is 0 Å². The third-order valence-electron chi connectivity index (χ3n) is 2.36. The summed E-state index contributed by atoms with van der Waals surface area (Å²) < 4.78 is 0. The number of benzene rings is 1. The molecule has 1 unspecified atom stereocenters. The fraction of sp³-hybridized carbons (Fsp3) is 0.250. The van der Waals surface area contributed by atoms with Crippen molar-refractivity contribution in [3.05, 3.63) is 48.0 Å². The summed E-state index contributed by atoms with van der Waals surface area (Å²) in [6.07, 6.45) is 5.04. The molecule has 1 aliphatic heterocycles. The highest BCUT2D eigenvalue weighted by Crippen LogP contribution is 2.01. The second kappa shape index (κ2) is 4.75. The molecule has 1 aromatic carbocycles. The van der Waals surface area contributed by atoms with Gasteiger partial charge in [0.05, 0.1) is 6.17 Å². The van der Waals surface area contributed by atoms with Crippen LogP contribution in [0.2, 0.25) is 0 Å². The number of carbonyl (C=O) groups is 1. The fourth-order valence-electron chi connectivity index (χ4n) is 1.55. The van der Waals surface area contributed by atoms with Crippen molar-refractivity contribution in [2.24, 2.45) is 0 Å². The standard InChI is InChI=1S/C12H14N2O/c15-12(10-6-2-1-3-7-10)14-11-8-4-5-9-13-11/h1-7,11,13H,8-9H2,(H,14,15). The zero-order valence-electron chi connectivity index (χ0n) is 8.44. The first kappa shape index (κ1) is 9.93. The van der Waals surface area contributed by atoms with Gasteiger partial charge in [-0.2, -0.15) is 0 Å². The van der Waals surface area contributed by atoms with Crippen molar-refractivity contribution in [2.75, 3.05) is 6.54 Å². The molecule has 0 radical (unpaired) electrons. The average Bonchev–Trinajstić information content (AvgIpc) is 2.31. The molecule has 15 heavy (non-hydrogen) atoms. The van der Waals surface area contributed by atoms with E-state index in [2.05, 4.69) is 22.8 Å². The normalized spacial score (nSPS) is 19.9. The van der Waals surface area contributed by atoms with Crippen LogP contribution in [0.15, 0.2) is 42.5 Å². The van der Waals surface area contributed by atoms with E-state index in [0.717, 1.165) is 13.0 Å². The quantitative estimate of drug-likeness (QED) is 0.709. The van der Waals surface area contributed by atoms with Crippen LogP contribution in [-0.4, -0.2) is 18.6 Å². The first-order chi connectivity index (χ1) is 7.36. The Bertz CT molecular complexity index is 359. The molecule has 1 aliphatic rings. The molecule has 2 N–H and O–H groups in total. The molecule has 1 aromatic rings. The molecule has 3 heteroatoms. The highest BCUT2D eigenvalue weighted by Gasteiger charge is 2.12. The van der Waals surface area contributed by atoms with Gasteiger partial charge >= 0.3 is 0 Å². The molecule has 1 atom stereocenters. The minimum atomic E-state index is -0.0246. The highest BCUT2D eigenvalue weighted by atomic mass is 16.1. The SMILES string of the molecule is O=C(NC1CC=CCN1)c1ccccc1. The van der Waals surface area contributed by atoms with E-state index >= 15 is 0 Å². The van der Waals surface area contributed by atoms with Gasteiger partial charge in [-0.1, -0.05) is 30.4 Å². The molecule has 0 spiro atoms. The Labute approximate surface area is 89.2 Å². The molecule has 0 aliphatic carbocycles. The summed E-state index contributed by atoms with van der Waals surface area (Å²) in [5.41, 5.74) is 0.703. The van der Waals surface area contributed by atoms with Gasteiger partial charge < -0.3 is 5.32 Å². The van der Waals surface area contributed by atoms with Crippen LogP contribution >= 0.6 is 0 Å². The molecule has 0 fully saturated rings. The Morgan fingerprint density at radius 2 is 2.07 bits per heavy atom. The topological polar surface area (TPSA) is 41.1 Å². The summed E-state index contributed by atoms with van der Waals surface area (Å²) in [4.78, 5) is 11.7. The molecule has 1 amide bonds. The van der Waals surface area contributed by atoms with E-state index in [1.54, 1.807) is 0 Å². The first-order valence-electron chi connectivity index (χ1n) is 5.10. The largest absolute Gasteiger partial charge is 0.336 e. The molecular formula is C12H14N2O. The monoisotopic (exact) mass is 202 g/mol. The molecule has 0 saturated heterocycles. The predicted octanol–water partition coefficient (Wildman–Crippen LogP) is 1.29. The van der Waals surface area contributed by atoms with Gasteiger partial charge in [-0.25, -0.2) is 0 Å². The number of nitrogens with one attached hydrogen (secondary N) is 2. The zero-order chi connectivity index (χ0) is 10.5. The third kappa shape index (κ3) is 2.67. The van der Waals surface area contributed by atoms with E-state index in [1.807, 2.05) is 30.3 Å². The van der Waals surface area contributed by atoms with Gasteiger partial charge in [0.15, 0.2) is 0 Å². The van der Waals surface area contributed by atoms with Gasteiger partial charge in [-0.05, 0) is 18.6 Å². The van der Waals surface area contributed by atoms with E-state index in [1.165, 1.54) is 0 Å². The maximum atomic E-state index is 11.7. The van der Waals surface area contributed by atoms with Crippen LogP contribution in [0.1, 0.15) is 16.8 Å². The summed E-state index contributed by atoms with van der Waals surface area (Å²) in [6, 6.07) is 9.26. The lowest BCUT2D eigenvalue weighted by molar-refractivity contribution is 0.0930. The Morgan fingerprint density at radius 3 is 2.73 bits per heavy atom. The molecule has 0 bridgehead atoms. The van der Waals surface area contributed by atoms with Crippen LogP contribution < -0.4 is 10.6 Å². The van der Waals surface area contributed by atoms with Crippen molar-refractivity contribution in [1.82, 2.24) is 10.6 Å². The highest BCUT2D eigenvalue weighted by molar-refractivity contribution is 5.94. The molecule has 1 heterocycles. The van der Waals surface area contributed by atoms with E-state index in [-0.39, 0.29) is 12.1 Å². The first-order valence-corrected chi connectivity index (χ1v) is 5.10. The van der Waals surface area contributed by atoms with Crippen molar-refractivity contribution >= 4 is 5.91 Å². The van der Waals surface area contributed by atoms with E-state index < -0.39 is 0 Å². The van der Waals surface area contributed by atoms with E-state index in [0.29, 0.717) is 5.56 Å². The van der Waals surface area contributed by atoms with E-state index in [9.17, 15) is 4.79 Å². The summed E-state index contributed by atoms with van der Waals surface area (Å²) in [5, 5.41) is 6.13. The van der Waals surface area contributed by atoms with Gasteiger partial charge in [0.2, 0.25) is 0 Å².